The summed E-state index contributed by atoms with van der Waals surface area (Å²) in [5, 5.41) is 3.34. The molecule has 42 heavy (non-hydrogen) atoms. The number of ether oxygens (including phenoxy) is 2. The molecule has 1 atom stereocenters. The van der Waals surface area contributed by atoms with E-state index in [1.165, 1.54) is 43.4 Å². The number of carbonyl (C=O) groups excluding carboxylic acids is 2. The fourth-order valence-electron chi connectivity index (χ4n) is 4.38. The van der Waals surface area contributed by atoms with E-state index in [1.807, 2.05) is 13.8 Å². The van der Waals surface area contributed by atoms with E-state index >= 15 is 0 Å². The number of hydrogen-bond donors (Lipinski definition) is 1. The van der Waals surface area contributed by atoms with Crippen molar-refractivity contribution in [2.24, 2.45) is 5.92 Å². The van der Waals surface area contributed by atoms with Gasteiger partial charge in [-0.2, -0.15) is 0 Å². The minimum absolute atomic E-state index is 0.00839. The van der Waals surface area contributed by atoms with E-state index in [2.05, 4.69) is 5.32 Å². The van der Waals surface area contributed by atoms with E-state index < -0.39 is 28.5 Å². The van der Waals surface area contributed by atoms with Gasteiger partial charge in [0.1, 0.15) is 24.1 Å². The third-order valence-corrected chi connectivity index (χ3v) is 8.79. The van der Waals surface area contributed by atoms with Gasteiger partial charge in [0.15, 0.2) is 0 Å². The molecule has 0 saturated heterocycles. The molecule has 3 aromatic rings. The van der Waals surface area contributed by atoms with Gasteiger partial charge in [0.25, 0.3) is 10.0 Å². The number of anilines is 1. The molecule has 0 aromatic heterocycles. The van der Waals surface area contributed by atoms with Gasteiger partial charge in [-0.1, -0.05) is 62.7 Å². The van der Waals surface area contributed by atoms with Crippen molar-refractivity contribution in [2.75, 3.05) is 31.6 Å². The molecule has 3 aromatic carbocycles. The van der Waals surface area contributed by atoms with Crippen molar-refractivity contribution in [2.45, 2.75) is 44.7 Å². The monoisotopic (exact) mass is 615 g/mol. The fraction of sp³-hybridized carbons (Fsp3) is 0.355. The number of amides is 2. The van der Waals surface area contributed by atoms with Gasteiger partial charge in [-0.05, 0) is 60.4 Å². The van der Waals surface area contributed by atoms with Crippen LogP contribution in [0.3, 0.4) is 0 Å². The number of sulfonamides is 1. The lowest BCUT2D eigenvalue weighted by Crippen LogP contribution is -2.52. The average molecular weight is 616 g/mol. The van der Waals surface area contributed by atoms with Crippen molar-refractivity contribution in [1.29, 1.82) is 0 Å². The van der Waals surface area contributed by atoms with Crippen LogP contribution in [0.25, 0.3) is 0 Å². The largest absolute Gasteiger partial charge is 0.497 e. The van der Waals surface area contributed by atoms with Crippen LogP contribution in [0.2, 0.25) is 5.02 Å². The van der Waals surface area contributed by atoms with Gasteiger partial charge in [0.05, 0.1) is 24.8 Å². The zero-order chi connectivity index (χ0) is 30.9. The summed E-state index contributed by atoms with van der Waals surface area (Å²) in [7, 11) is -1.36. The Bertz CT molecular complexity index is 1460. The number of hydrogen-bond acceptors (Lipinski definition) is 6. The highest BCUT2D eigenvalue weighted by molar-refractivity contribution is 7.92. The fourth-order valence-corrected chi connectivity index (χ4v) is 6.00. The van der Waals surface area contributed by atoms with E-state index in [0.717, 1.165) is 4.31 Å². The van der Waals surface area contributed by atoms with Crippen molar-refractivity contribution in [3.05, 3.63) is 83.4 Å². The summed E-state index contributed by atoms with van der Waals surface area (Å²) in [6.07, 6.45) is 0.306. The Labute approximate surface area is 253 Å². The van der Waals surface area contributed by atoms with Crippen molar-refractivity contribution in [3.63, 3.8) is 0 Å². The van der Waals surface area contributed by atoms with Crippen molar-refractivity contribution < 1.29 is 27.5 Å². The van der Waals surface area contributed by atoms with Crippen LogP contribution >= 0.6 is 11.6 Å². The summed E-state index contributed by atoms with van der Waals surface area (Å²) >= 11 is 6.45. The van der Waals surface area contributed by atoms with Crippen LogP contribution in [0.15, 0.2) is 77.7 Å². The molecule has 0 radical (unpaired) electrons. The summed E-state index contributed by atoms with van der Waals surface area (Å²) in [5.74, 6) is 0.0486. The number of carbonyl (C=O) groups is 2. The van der Waals surface area contributed by atoms with E-state index in [-0.39, 0.29) is 34.7 Å². The molecule has 0 spiro atoms. The van der Waals surface area contributed by atoms with Crippen LogP contribution < -0.4 is 19.1 Å². The molecule has 11 heteroatoms. The number of benzene rings is 3. The van der Waals surface area contributed by atoms with Crippen LogP contribution in [-0.4, -0.2) is 58.5 Å². The smallest absolute Gasteiger partial charge is 0.264 e. The number of halogens is 1. The summed E-state index contributed by atoms with van der Waals surface area (Å²) < 4.78 is 39.8. The number of rotatable bonds is 14. The number of nitrogens with zero attached hydrogens (tertiary/aromatic N) is 2. The zero-order valence-corrected chi connectivity index (χ0v) is 26.1. The molecule has 0 saturated carbocycles. The first-order valence-corrected chi connectivity index (χ1v) is 15.5. The lowest BCUT2D eigenvalue weighted by molar-refractivity contribution is -0.140. The topological polar surface area (TPSA) is 105 Å². The third kappa shape index (κ3) is 7.95. The second kappa shape index (κ2) is 14.9. The molecule has 0 heterocycles. The predicted molar refractivity (Wildman–Crippen MR) is 164 cm³/mol. The van der Waals surface area contributed by atoms with E-state index in [1.54, 1.807) is 55.5 Å². The van der Waals surface area contributed by atoms with E-state index in [4.69, 9.17) is 21.1 Å². The van der Waals surface area contributed by atoms with Gasteiger partial charge in [-0.15, -0.1) is 0 Å². The Morgan fingerprint density at radius 3 is 2.17 bits per heavy atom. The van der Waals surface area contributed by atoms with Crippen LogP contribution in [0.5, 0.6) is 11.5 Å². The first kappa shape index (κ1) is 32.8. The van der Waals surface area contributed by atoms with E-state index in [0.29, 0.717) is 29.3 Å². The number of nitrogens with one attached hydrogen (secondary N) is 1. The molecule has 3 rings (SSSR count). The lowest BCUT2D eigenvalue weighted by atomic mass is 10.1. The van der Waals surface area contributed by atoms with Gasteiger partial charge in [-0.25, -0.2) is 8.42 Å². The Morgan fingerprint density at radius 1 is 0.929 bits per heavy atom. The third-order valence-electron chi connectivity index (χ3n) is 6.65. The van der Waals surface area contributed by atoms with Crippen LogP contribution in [-0.2, 0) is 26.2 Å². The quantitative estimate of drug-likeness (QED) is 0.270. The SMILES string of the molecule is CCC(C(=O)NCC(C)C)N(Cc1ccccc1Cl)C(=O)CN(c1ccccc1OC)S(=O)(=O)c1ccc(OC)cc1. The molecule has 1 unspecified atom stereocenters. The maximum Gasteiger partial charge on any atom is 0.264 e. The predicted octanol–water partition coefficient (Wildman–Crippen LogP) is 5.13. The minimum atomic E-state index is -4.27. The van der Waals surface area contributed by atoms with Crippen molar-refractivity contribution in [3.8, 4) is 11.5 Å². The van der Waals surface area contributed by atoms with Crippen LogP contribution in [0.1, 0.15) is 32.8 Å². The molecule has 1 N–H and O–H groups in total. The maximum absolute atomic E-state index is 14.2. The van der Waals surface area contributed by atoms with Gasteiger partial charge in [-0.3, -0.25) is 13.9 Å². The van der Waals surface area contributed by atoms with Gasteiger partial charge < -0.3 is 19.7 Å². The highest BCUT2D eigenvalue weighted by Crippen LogP contribution is 2.33. The van der Waals surface area contributed by atoms with Gasteiger partial charge >= 0.3 is 0 Å². The Kier molecular flexibility index (Phi) is 11.6. The van der Waals surface area contributed by atoms with Crippen LogP contribution in [0.4, 0.5) is 5.69 Å². The summed E-state index contributed by atoms with van der Waals surface area (Å²) in [5.41, 5.74) is 0.809. The molecule has 2 amide bonds. The van der Waals surface area contributed by atoms with Crippen molar-refractivity contribution >= 4 is 39.1 Å². The average Bonchev–Trinajstić information content (AvgIpc) is 2.99. The lowest BCUT2D eigenvalue weighted by Gasteiger charge is -2.33. The first-order valence-electron chi connectivity index (χ1n) is 13.6. The number of methoxy groups -OCH3 is 2. The molecule has 0 aliphatic carbocycles. The summed E-state index contributed by atoms with van der Waals surface area (Å²) in [4.78, 5) is 28.9. The second-order valence-corrected chi connectivity index (χ2v) is 12.3. The Morgan fingerprint density at radius 2 is 1.57 bits per heavy atom. The highest BCUT2D eigenvalue weighted by Gasteiger charge is 2.35. The molecular formula is C31H38ClN3O6S. The standard InChI is InChI=1S/C31H38ClN3O6S/c1-6-27(31(37)33-19-22(2)3)34(20-23-11-7-8-12-26(23)32)30(36)21-35(28-13-9-10-14-29(28)41-5)42(38,39)25-17-15-24(40-4)16-18-25/h7-18,22,27H,6,19-21H2,1-5H3,(H,33,37). The van der Waals surface area contributed by atoms with Crippen LogP contribution in [0, 0.1) is 5.92 Å². The molecule has 226 valence electrons. The second-order valence-electron chi connectivity index (χ2n) is 10.0. The first-order chi connectivity index (χ1) is 20.0. The molecule has 0 fully saturated rings. The Hall–Kier alpha value is -3.76. The summed E-state index contributed by atoms with van der Waals surface area (Å²) in [6.45, 7) is 5.61. The Balaban J connectivity index is 2.10. The van der Waals surface area contributed by atoms with Gasteiger partial charge in [0, 0.05) is 18.1 Å². The molecular weight excluding hydrogens is 578 g/mol. The summed E-state index contributed by atoms with van der Waals surface area (Å²) in [6, 6.07) is 18.6. The molecule has 0 aliphatic heterocycles. The maximum atomic E-state index is 14.2. The molecule has 9 nitrogen and oxygen atoms in total. The van der Waals surface area contributed by atoms with E-state index in [9.17, 15) is 18.0 Å². The molecule has 0 bridgehead atoms. The van der Waals surface area contributed by atoms with Crippen molar-refractivity contribution in [1.82, 2.24) is 10.2 Å². The molecule has 0 aliphatic rings. The normalized spacial score (nSPS) is 12.0. The zero-order valence-electron chi connectivity index (χ0n) is 24.5. The highest BCUT2D eigenvalue weighted by atomic mass is 35.5. The minimum Gasteiger partial charge on any atom is -0.497 e. The number of para-hydroxylation sites is 2. The van der Waals surface area contributed by atoms with Gasteiger partial charge in [0.2, 0.25) is 11.8 Å².